The van der Waals surface area contributed by atoms with Gasteiger partial charge in [-0.1, -0.05) is 6.08 Å². The van der Waals surface area contributed by atoms with E-state index in [-0.39, 0.29) is 0 Å². The molecule has 3 nitrogen and oxygen atoms in total. The van der Waals surface area contributed by atoms with Gasteiger partial charge in [0.15, 0.2) is 0 Å². The minimum Gasteiger partial charge on any atom is -0.329 e. The molecule has 11 heavy (non-hydrogen) atoms. The van der Waals surface area contributed by atoms with Gasteiger partial charge in [0.2, 0.25) is 0 Å². The number of allylic oxidation sites excluding steroid dienone is 1. The molecule has 0 fully saturated rings. The van der Waals surface area contributed by atoms with Crippen molar-refractivity contribution in [2.24, 2.45) is 5.73 Å². The van der Waals surface area contributed by atoms with Gasteiger partial charge in [0.1, 0.15) is 0 Å². The Kier molecular flexibility index (Phi) is 6.98. The molecule has 0 aliphatic rings. The lowest BCUT2D eigenvalue weighted by atomic mass is 10.3. The van der Waals surface area contributed by atoms with Crippen LogP contribution in [0.4, 0.5) is 0 Å². The van der Waals surface area contributed by atoms with Crippen LogP contribution in [0.1, 0.15) is 6.42 Å². The molecule has 0 spiro atoms. The zero-order valence-corrected chi connectivity index (χ0v) is 7.09. The van der Waals surface area contributed by atoms with Gasteiger partial charge in [0.05, 0.1) is 0 Å². The number of nitrogens with zero attached hydrogens (tertiary/aromatic N) is 1. The Labute approximate surface area is 68.4 Å². The Hall–Kier alpha value is -0.670. The lowest BCUT2D eigenvalue weighted by Crippen LogP contribution is -2.26. The first kappa shape index (κ1) is 10.3. The zero-order chi connectivity index (χ0) is 8.53. The highest BCUT2D eigenvalue weighted by Crippen LogP contribution is 1.86. The third kappa shape index (κ3) is 7.22. The molecule has 0 aliphatic heterocycles. The van der Waals surface area contributed by atoms with Gasteiger partial charge in [-0.3, -0.25) is 0 Å². The van der Waals surface area contributed by atoms with Gasteiger partial charge in [0.25, 0.3) is 0 Å². The van der Waals surface area contributed by atoms with E-state index in [1.807, 2.05) is 13.1 Å². The van der Waals surface area contributed by atoms with Gasteiger partial charge in [-0.25, -0.2) is 0 Å². The molecule has 0 aromatic carbocycles. The highest BCUT2D eigenvalue weighted by molar-refractivity contribution is 5.67. The van der Waals surface area contributed by atoms with Crippen molar-refractivity contribution < 1.29 is 0 Å². The molecule has 0 saturated heterocycles. The summed E-state index contributed by atoms with van der Waals surface area (Å²) in [7, 11) is 2.05. The first-order chi connectivity index (χ1) is 5.31. The van der Waals surface area contributed by atoms with E-state index in [0.29, 0.717) is 6.54 Å². The van der Waals surface area contributed by atoms with Crippen LogP contribution in [0.15, 0.2) is 12.2 Å². The maximum absolute atomic E-state index is 6.72. The number of hydrogen-bond donors (Lipinski definition) is 2. The second-order valence-electron chi connectivity index (χ2n) is 2.48. The van der Waals surface area contributed by atoms with Gasteiger partial charge in [-0.15, -0.1) is 0 Å². The largest absolute Gasteiger partial charge is 0.329 e. The zero-order valence-electron chi connectivity index (χ0n) is 7.09. The van der Waals surface area contributed by atoms with Crippen LogP contribution in [0.2, 0.25) is 0 Å². The predicted octanol–water partition coefficient (Wildman–Crippen LogP) is 0.473. The second-order valence-corrected chi connectivity index (χ2v) is 2.48. The molecule has 0 rings (SSSR count). The van der Waals surface area contributed by atoms with Crippen molar-refractivity contribution >= 4 is 6.21 Å². The van der Waals surface area contributed by atoms with Crippen LogP contribution < -0.4 is 5.73 Å². The number of nitrogens with two attached hydrogens (primary N) is 1. The standard InChI is InChI=1S/C8H17N3/c1-11(8-6-10)7-4-2-3-5-9/h2-3,5,9H,4,6-8,10H2,1H3/b3-2-,9-5?. The monoisotopic (exact) mass is 155 g/mol. The first-order valence-electron chi connectivity index (χ1n) is 3.85. The molecule has 0 saturated carbocycles. The topological polar surface area (TPSA) is 53.1 Å². The Morgan fingerprint density at radius 3 is 2.73 bits per heavy atom. The van der Waals surface area contributed by atoms with Crippen LogP contribution in [0, 0.1) is 5.41 Å². The summed E-state index contributed by atoms with van der Waals surface area (Å²) in [5.74, 6) is 0. The summed E-state index contributed by atoms with van der Waals surface area (Å²) < 4.78 is 0. The Morgan fingerprint density at radius 2 is 2.18 bits per heavy atom. The lowest BCUT2D eigenvalue weighted by Gasteiger charge is -2.12. The summed E-state index contributed by atoms with van der Waals surface area (Å²) in [5, 5.41) is 6.72. The van der Waals surface area contributed by atoms with E-state index in [1.54, 1.807) is 6.08 Å². The van der Waals surface area contributed by atoms with Crippen LogP contribution >= 0.6 is 0 Å². The van der Waals surface area contributed by atoms with Gasteiger partial charge >= 0.3 is 0 Å². The summed E-state index contributed by atoms with van der Waals surface area (Å²) in [6.45, 7) is 2.67. The van der Waals surface area contributed by atoms with E-state index < -0.39 is 0 Å². The predicted molar refractivity (Wildman–Crippen MR) is 49.1 cm³/mol. The molecule has 0 aromatic heterocycles. The minimum absolute atomic E-state index is 0.713. The lowest BCUT2D eigenvalue weighted by molar-refractivity contribution is 0.350. The van der Waals surface area contributed by atoms with E-state index in [0.717, 1.165) is 19.5 Å². The maximum Gasteiger partial charge on any atom is 0.0174 e. The molecule has 0 amide bonds. The van der Waals surface area contributed by atoms with Crippen LogP contribution in [0.3, 0.4) is 0 Å². The van der Waals surface area contributed by atoms with Crippen molar-refractivity contribution in [1.29, 1.82) is 5.41 Å². The SMILES string of the molecule is CN(CCN)CC/C=C\C=N. The Morgan fingerprint density at radius 1 is 1.45 bits per heavy atom. The maximum atomic E-state index is 6.72. The molecular formula is C8H17N3. The van der Waals surface area contributed by atoms with Crippen LogP contribution in [-0.2, 0) is 0 Å². The molecule has 3 heteroatoms. The van der Waals surface area contributed by atoms with Crippen LogP contribution in [0.5, 0.6) is 0 Å². The molecule has 0 unspecified atom stereocenters. The molecule has 64 valence electrons. The highest BCUT2D eigenvalue weighted by Gasteiger charge is 1.91. The quantitative estimate of drug-likeness (QED) is 0.548. The van der Waals surface area contributed by atoms with Crippen LogP contribution in [0.25, 0.3) is 0 Å². The molecule has 0 atom stereocenters. The third-order valence-electron chi connectivity index (χ3n) is 1.42. The fourth-order valence-electron chi connectivity index (χ4n) is 0.791. The normalized spacial score (nSPS) is 11.2. The molecule has 3 N–H and O–H groups in total. The average molecular weight is 155 g/mol. The van der Waals surface area contributed by atoms with Crippen molar-refractivity contribution in [1.82, 2.24) is 4.90 Å². The first-order valence-corrected chi connectivity index (χ1v) is 3.85. The summed E-state index contributed by atoms with van der Waals surface area (Å²) in [6, 6.07) is 0. The van der Waals surface area contributed by atoms with Gasteiger partial charge < -0.3 is 16.0 Å². The van der Waals surface area contributed by atoms with E-state index in [4.69, 9.17) is 11.1 Å². The summed E-state index contributed by atoms with van der Waals surface area (Å²) in [6.07, 6.45) is 6.02. The molecule has 0 aromatic rings. The number of hydrogen-bond acceptors (Lipinski definition) is 3. The van der Waals surface area contributed by atoms with E-state index in [2.05, 4.69) is 4.90 Å². The van der Waals surface area contributed by atoms with Crippen LogP contribution in [-0.4, -0.2) is 37.8 Å². The number of rotatable bonds is 6. The Bertz CT molecular complexity index is 121. The van der Waals surface area contributed by atoms with Gasteiger partial charge in [-0.05, 0) is 19.5 Å². The van der Waals surface area contributed by atoms with E-state index >= 15 is 0 Å². The fourth-order valence-corrected chi connectivity index (χ4v) is 0.791. The van der Waals surface area contributed by atoms with E-state index in [1.165, 1.54) is 6.21 Å². The fraction of sp³-hybridized carbons (Fsp3) is 0.625. The molecule has 0 radical (unpaired) electrons. The summed E-state index contributed by atoms with van der Waals surface area (Å²) in [5.41, 5.74) is 5.36. The second kappa shape index (κ2) is 7.44. The number of likely N-dealkylation sites (N-methyl/N-ethyl adjacent to an activating group) is 1. The van der Waals surface area contributed by atoms with Crippen molar-refractivity contribution in [3.8, 4) is 0 Å². The average Bonchev–Trinajstić information content (AvgIpc) is 1.99. The van der Waals surface area contributed by atoms with Crippen molar-refractivity contribution in [3.63, 3.8) is 0 Å². The molecule has 0 bridgehead atoms. The van der Waals surface area contributed by atoms with E-state index in [9.17, 15) is 0 Å². The molecule has 0 aliphatic carbocycles. The third-order valence-corrected chi connectivity index (χ3v) is 1.42. The van der Waals surface area contributed by atoms with Crippen molar-refractivity contribution in [2.45, 2.75) is 6.42 Å². The number of nitrogens with one attached hydrogen (secondary N) is 1. The summed E-state index contributed by atoms with van der Waals surface area (Å²) >= 11 is 0. The van der Waals surface area contributed by atoms with Gasteiger partial charge in [0, 0.05) is 25.8 Å². The van der Waals surface area contributed by atoms with Gasteiger partial charge in [-0.2, -0.15) is 0 Å². The molecular weight excluding hydrogens is 138 g/mol. The smallest absolute Gasteiger partial charge is 0.0174 e. The summed E-state index contributed by atoms with van der Waals surface area (Å²) in [4.78, 5) is 2.17. The molecule has 0 heterocycles. The highest BCUT2D eigenvalue weighted by atomic mass is 15.1. The van der Waals surface area contributed by atoms with Crippen molar-refractivity contribution in [3.05, 3.63) is 12.2 Å². The minimum atomic E-state index is 0.713. The van der Waals surface area contributed by atoms with Crippen molar-refractivity contribution in [2.75, 3.05) is 26.7 Å². The Balaban J connectivity index is 3.22.